The number of rotatable bonds is 6. The van der Waals surface area contributed by atoms with Crippen LogP contribution in [-0.2, 0) is 22.3 Å². The summed E-state index contributed by atoms with van der Waals surface area (Å²) in [4.78, 5) is 30.0. The lowest BCUT2D eigenvalue weighted by Crippen LogP contribution is -2.68. The van der Waals surface area contributed by atoms with Crippen LogP contribution in [0.15, 0.2) is 18.7 Å². The number of alkyl halides is 3. The molecule has 2 aromatic carbocycles. The molecule has 256 valence electrons. The van der Waals surface area contributed by atoms with Crippen LogP contribution in [0.2, 0.25) is 0 Å². The molecule has 2 N–H and O–H groups in total. The number of nitriles is 1. The monoisotopic (exact) mass is 720 g/mol. The number of aromatic hydroxyl groups is 1. The summed E-state index contributed by atoms with van der Waals surface area (Å²) in [5, 5.41) is 25.2. The van der Waals surface area contributed by atoms with E-state index in [0.717, 1.165) is 22.3 Å². The quantitative estimate of drug-likeness (QED) is 0.166. The summed E-state index contributed by atoms with van der Waals surface area (Å²) in [6.45, 7) is 8.49. The Labute approximate surface area is 292 Å². The van der Waals surface area contributed by atoms with E-state index in [1.807, 2.05) is 20.9 Å². The molecule has 1 fully saturated rings. The maximum atomic E-state index is 12.9. The van der Waals surface area contributed by atoms with Crippen LogP contribution in [0.3, 0.4) is 0 Å². The summed E-state index contributed by atoms with van der Waals surface area (Å²) in [5.41, 5.74) is 5.22. The zero-order valence-corrected chi connectivity index (χ0v) is 29.0. The number of phenols is 1. The molecule has 4 aliphatic rings. The van der Waals surface area contributed by atoms with Gasteiger partial charge in [-0.3, -0.25) is 9.80 Å². The van der Waals surface area contributed by atoms with E-state index in [9.17, 15) is 20.0 Å². The molecule has 48 heavy (non-hydrogen) atoms. The summed E-state index contributed by atoms with van der Waals surface area (Å²) >= 11 is 17.4. The predicted molar refractivity (Wildman–Crippen MR) is 176 cm³/mol. The van der Waals surface area contributed by atoms with Gasteiger partial charge in [0.1, 0.15) is 30.8 Å². The maximum absolute atomic E-state index is 12.9. The van der Waals surface area contributed by atoms with Gasteiger partial charge in [0, 0.05) is 40.9 Å². The molecule has 15 heteroatoms. The van der Waals surface area contributed by atoms with E-state index in [4.69, 9.17) is 58.5 Å². The summed E-state index contributed by atoms with van der Waals surface area (Å²) in [5.74, 6) is 1.23. The second-order valence-corrected chi connectivity index (χ2v) is 14.9. The van der Waals surface area contributed by atoms with Crippen LogP contribution < -0.4 is 19.5 Å². The van der Waals surface area contributed by atoms with Crippen molar-refractivity contribution < 1.29 is 38.4 Å². The highest BCUT2D eigenvalue weighted by Crippen LogP contribution is 2.57. The molecule has 5 atom stereocenters. The number of benzene rings is 2. The third-order valence-corrected chi connectivity index (χ3v) is 10.1. The molecule has 0 radical (unpaired) electrons. The van der Waals surface area contributed by atoms with Crippen molar-refractivity contribution in [1.29, 1.82) is 5.26 Å². The minimum Gasteiger partial charge on any atom is -0.507 e. The fourth-order valence-electron chi connectivity index (χ4n) is 7.65. The van der Waals surface area contributed by atoms with Crippen molar-refractivity contribution in [2.75, 3.05) is 33.6 Å². The van der Waals surface area contributed by atoms with Gasteiger partial charge in [0.2, 0.25) is 10.6 Å². The van der Waals surface area contributed by atoms with Gasteiger partial charge in [-0.1, -0.05) is 53.5 Å². The normalized spacial score (nSPS) is 24.0. The maximum Gasteiger partial charge on any atom is 0.514 e. The first-order chi connectivity index (χ1) is 22.8. The van der Waals surface area contributed by atoms with Gasteiger partial charge in [-0.25, -0.2) is 9.59 Å². The number of phenolic OH excluding ortho intramolecular Hbond substituents is 1. The van der Waals surface area contributed by atoms with E-state index in [2.05, 4.69) is 33.8 Å². The number of halogens is 3. The molecule has 0 spiro atoms. The Morgan fingerprint density at radius 3 is 2.56 bits per heavy atom. The Morgan fingerprint density at radius 1 is 1.15 bits per heavy atom. The van der Waals surface area contributed by atoms with Gasteiger partial charge in [0.15, 0.2) is 11.5 Å². The van der Waals surface area contributed by atoms with Gasteiger partial charge < -0.3 is 34.1 Å². The van der Waals surface area contributed by atoms with E-state index >= 15 is 0 Å². The van der Waals surface area contributed by atoms with E-state index in [1.165, 1.54) is 6.08 Å². The lowest BCUT2D eigenvalue weighted by Gasteiger charge is -2.60. The number of carbonyl (C=O) groups is 2. The average Bonchev–Trinajstić information content (AvgIpc) is 3.53. The van der Waals surface area contributed by atoms with Crippen molar-refractivity contribution in [2.45, 2.75) is 67.6 Å². The highest BCUT2D eigenvalue weighted by atomic mass is 35.6. The molecule has 0 saturated carbocycles. The molecule has 6 rings (SSSR count). The summed E-state index contributed by atoms with van der Waals surface area (Å²) < 4.78 is 26.3. The molecule has 1 saturated heterocycles. The molecule has 0 aromatic heterocycles. The number of amides is 1. The third kappa shape index (κ3) is 5.86. The summed E-state index contributed by atoms with van der Waals surface area (Å²) in [6, 6.07) is 2.19. The van der Waals surface area contributed by atoms with E-state index in [1.54, 1.807) is 6.92 Å². The first kappa shape index (κ1) is 34.3. The van der Waals surface area contributed by atoms with Gasteiger partial charge in [0.05, 0.1) is 18.2 Å². The van der Waals surface area contributed by atoms with Gasteiger partial charge in [0.25, 0.3) is 0 Å². The zero-order chi connectivity index (χ0) is 34.7. The number of hydrogen-bond donors (Lipinski definition) is 2. The number of alkyl carbamates (subject to hydrolysis) is 1. The third-order valence-electron chi connectivity index (χ3n) is 9.75. The van der Waals surface area contributed by atoms with Crippen LogP contribution in [0.1, 0.15) is 51.0 Å². The first-order valence-electron chi connectivity index (χ1n) is 15.4. The van der Waals surface area contributed by atoms with Crippen LogP contribution in [0.25, 0.3) is 0 Å². The predicted octanol–water partition coefficient (Wildman–Crippen LogP) is 5.62. The number of nitrogens with zero attached hydrogens (tertiary/aromatic N) is 3. The number of piperazine rings is 1. The molecule has 2 aromatic rings. The molecular weight excluding hydrogens is 687 g/mol. The number of nitrogens with one attached hydrogen (secondary N) is 1. The zero-order valence-electron chi connectivity index (χ0n) is 26.8. The average molecular weight is 722 g/mol. The summed E-state index contributed by atoms with van der Waals surface area (Å²) in [6.07, 6.45) is 0.460. The lowest BCUT2D eigenvalue weighted by atomic mass is 9.71. The van der Waals surface area contributed by atoms with Crippen molar-refractivity contribution in [2.24, 2.45) is 0 Å². The van der Waals surface area contributed by atoms with Crippen molar-refractivity contribution in [3.05, 3.63) is 57.7 Å². The van der Waals surface area contributed by atoms with Crippen LogP contribution in [0.4, 0.5) is 9.59 Å². The Hall–Kier alpha value is -3.60. The van der Waals surface area contributed by atoms with Crippen LogP contribution in [-0.4, -0.2) is 82.7 Å². The van der Waals surface area contributed by atoms with Crippen molar-refractivity contribution in [3.8, 4) is 29.1 Å². The number of ether oxygens (including phenoxy) is 5. The lowest BCUT2D eigenvalue weighted by molar-refractivity contribution is -0.0722. The smallest absolute Gasteiger partial charge is 0.507 e. The van der Waals surface area contributed by atoms with Gasteiger partial charge in [-0.05, 0) is 57.4 Å². The number of likely N-dealkylation sites (N-methyl/N-ethyl adjacent to an activating group) is 1. The van der Waals surface area contributed by atoms with Crippen molar-refractivity contribution >= 4 is 47.1 Å². The van der Waals surface area contributed by atoms with Crippen LogP contribution >= 0.6 is 34.8 Å². The van der Waals surface area contributed by atoms with Crippen molar-refractivity contribution in [1.82, 2.24) is 15.1 Å². The molecule has 0 aliphatic carbocycles. The fourth-order valence-corrected chi connectivity index (χ4v) is 7.81. The number of aryl methyl sites for hydroxylation is 1. The highest BCUT2D eigenvalue weighted by molar-refractivity contribution is 6.67. The topological polar surface area (TPSA) is 143 Å². The number of hydrogen-bond acceptors (Lipinski definition) is 11. The first-order valence-corrected chi connectivity index (χ1v) is 16.5. The largest absolute Gasteiger partial charge is 0.514 e. The van der Waals surface area contributed by atoms with Gasteiger partial charge >= 0.3 is 12.2 Å². The van der Waals surface area contributed by atoms with E-state index in [0.29, 0.717) is 34.6 Å². The molecule has 1 unspecified atom stereocenters. The molecule has 2 bridgehead atoms. The second kappa shape index (κ2) is 13.0. The Kier molecular flexibility index (Phi) is 9.30. The van der Waals surface area contributed by atoms with Crippen LogP contribution in [0.5, 0.6) is 23.0 Å². The fraction of sp³-hybridized carbons (Fsp3) is 0.485. The van der Waals surface area contributed by atoms with E-state index in [-0.39, 0.29) is 49.9 Å². The van der Waals surface area contributed by atoms with Gasteiger partial charge in [-0.15, -0.1) is 0 Å². The minimum absolute atomic E-state index is 0.0587. The Balaban J connectivity index is 1.53. The molecular formula is C33H35Cl3N4O8. The van der Waals surface area contributed by atoms with Gasteiger partial charge in [-0.2, -0.15) is 5.26 Å². The molecule has 4 heterocycles. The SMILES string of the molecule is C=CCOC(=O)Oc1c(C)c2c(c3c1CC1[C@H]4c5c(cc(C)c(C)c5O)C[C@@H]([C@H](C#N)N1[C@H]3CNC(=O)OCC(Cl)(Cl)Cl)N4C)OCO2. The van der Waals surface area contributed by atoms with E-state index < -0.39 is 40.8 Å². The second-order valence-electron chi connectivity index (χ2n) is 12.4. The highest BCUT2D eigenvalue weighted by Gasteiger charge is 2.56. The van der Waals surface area contributed by atoms with Crippen LogP contribution in [0, 0.1) is 32.1 Å². The Bertz CT molecular complexity index is 1720. The standard InChI is InChI=1S/C33H35Cl3N4O8/c1-6-7-44-32(43)48-28-17(4)29-30(47-14-46-29)25-19(28)10-21-26-24-18(8-15(2)16(3)27(24)41)9-20(39(26)5)22(11-37)40(21)23(25)12-38-31(42)45-13-33(34,35)36/h6,8,20-23,26,41H,1,7,9-10,12-14H2,2-5H3,(H,38,42)/t20-,21?,22-,23-,26-/m0/s1. The molecule has 4 aliphatic heterocycles. The number of carbonyl (C=O) groups excluding carboxylic acids is 2. The molecule has 12 nitrogen and oxygen atoms in total. The van der Waals surface area contributed by atoms with Crippen molar-refractivity contribution in [3.63, 3.8) is 0 Å². The Morgan fingerprint density at radius 2 is 1.88 bits per heavy atom. The summed E-state index contributed by atoms with van der Waals surface area (Å²) in [7, 11) is 1.96. The minimum atomic E-state index is -1.82. The molecule has 1 amide bonds. The number of fused-ring (bicyclic) bond motifs is 9.